The lowest BCUT2D eigenvalue weighted by Gasteiger charge is -2.03. The number of imidazole rings is 1. The van der Waals surface area contributed by atoms with Gasteiger partial charge in [-0.3, -0.25) is 4.79 Å². The van der Waals surface area contributed by atoms with Gasteiger partial charge in [-0.25, -0.2) is 9.13 Å². The number of benzene rings is 2. The highest BCUT2D eigenvalue weighted by Gasteiger charge is 2.27. The summed E-state index contributed by atoms with van der Waals surface area (Å²) in [5, 5.41) is 0. The van der Waals surface area contributed by atoms with Crippen LogP contribution in [0.2, 0.25) is 0 Å². The van der Waals surface area contributed by atoms with Gasteiger partial charge in [0.05, 0.1) is 6.54 Å². The molecule has 3 aromatic rings. The van der Waals surface area contributed by atoms with E-state index < -0.39 is 0 Å². The van der Waals surface area contributed by atoms with Gasteiger partial charge in [0.2, 0.25) is 5.78 Å². The maximum Gasteiger partial charge on any atom is 0.257 e. The molecule has 146 valence electrons. The number of hydrogen-bond acceptors (Lipinski definition) is 1. The third-order valence-electron chi connectivity index (χ3n) is 5.53. The molecule has 0 saturated carbocycles. The summed E-state index contributed by atoms with van der Waals surface area (Å²) >= 11 is 0. The van der Waals surface area contributed by atoms with Crippen molar-refractivity contribution in [1.29, 1.82) is 0 Å². The Morgan fingerprint density at radius 2 is 1.57 bits per heavy atom. The van der Waals surface area contributed by atoms with Crippen LogP contribution in [0, 0.1) is 13.8 Å². The number of aromatic nitrogens is 2. The number of ketones is 1. The summed E-state index contributed by atoms with van der Waals surface area (Å²) in [6, 6.07) is 16.6. The molecule has 0 amide bonds. The Morgan fingerprint density at radius 1 is 0.929 bits per heavy atom. The number of Topliss-reactive ketones (excluding diaryl/α,β-unsaturated/α-hetero) is 1. The molecule has 1 aliphatic rings. The average molecular weight is 440 g/mol. The molecule has 3 nitrogen and oxygen atoms in total. The summed E-state index contributed by atoms with van der Waals surface area (Å²) in [7, 11) is 0. The molecule has 0 aliphatic carbocycles. The first-order chi connectivity index (χ1) is 13.1. The van der Waals surface area contributed by atoms with E-state index in [9.17, 15) is 4.79 Å². The lowest BCUT2D eigenvalue weighted by Crippen LogP contribution is -2.40. The number of fused-ring (bicyclic) bond motifs is 1. The van der Waals surface area contributed by atoms with Gasteiger partial charge < -0.3 is 0 Å². The molecule has 0 N–H and O–H groups in total. The molecule has 1 aromatic heterocycles. The Hall–Kier alpha value is -2.20. The molecule has 0 spiro atoms. The van der Waals surface area contributed by atoms with E-state index in [1.165, 1.54) is 47.5 Å². The minimum atomic E-state index is 0. The summed E-state index contributed by atoms with van der Waals surface area (Å²) in [5.41, 5.74) is 5.69. The van der Waals surface area contributed by atoms with Gasteiger partial charge in [-0.15, -0.1) is 17.0 Å². The minimum absolute atomic E-state index is 0. The van der Waals surface area contributed by atoms with Gasteiger partial charge in [0.15, 0.2) is 12.2 Å². The van der Waals surface area contributed by atoms with Gasteiger partial charge >= 0.3 is 0 Å². The normalized spacial score (nSPS) is 13.4. The minimum Gasteiger partial charge on any atom is -0.290 e. The Balaban J connectivity index is 0.00000225. The third-order valence-corrected chi connectivity index (χ3v) is 5.53. The fourth-order valence-corrected chi connectivity index (χ4v) is 3.92. The largest absolute Gasteiger partial charge is 0.290 e. The van der Waals surface area contributed by atoms with Gasteiger partial charge in [0.25, 0.3) is 5.82 Å². The zero-order valence-corrected chi connectivity index (χ0v) is 18.4. The number of halogens is 1. The number of carbonyl (C=O) groups excluding carboxylic acids is 1. The maximum atomic E-state index is 12.9. The quantitative estimate of drug-likeness (QED) is 0.402. The Bertz CT molecular complexity index is 956. The highest BCUT2D eigenvalue weighted by atomic mass is 79.9. The van der Waals surface area contributed by atoms with Gasteiger partial charge in [0, 0.05) is 17.5 Å². The van der Waals surface area contributed by atoms with E-state index in [-0.39, 0.29) is 22.8 Å². The van der Waals surface area contributed by atoms with Crippen molar-refractivity contribution in [1.82, 2.24) is 4.57 Å². The Kier molecular flexibility index (Phi) is 6.50. The molecule has 0 fully saturated rings. The molecule has 0 unspecified atom stereocenters. The van der Waals surface area contributed by atoms with Crippen LogP contribution < -0.4 is 4.57 Å². The van der Waals surface area contributed by atoms with Gasteiger partial charge in [-0.05, 0) is 33.1 Å². The Labute approximate surface area is 177 Å². The zero-order valence-electron chi connectivity index (χ0n) is 16.6. The van der Waals surface area contributed by atoms with Crippen molar-refractivity contribution < 1.29 is 9.36 Å². The predicted octanol–water partition coefficient (Wildman–Crippen LogP) is 5.25. The lowest BCUT2D eigenvalue weighted by molar-refractivity contribution is -0.690. The molecule has 1 aliphatic heterocycles. The second-order valence-electron chi connectivity index (χ2n) is 7.68. The molecular weight excluding hydrogens is 412 g/mol. The van der Waals surface area contributed by atoms with E-state index in [1.807, 2.05) is 31.2 Å². The summed E-state index contributed by atoms with van der Waals surface area (Å²) in [6.07, 6.45) is 6.86. The molecule has 4 heteroatoms. The monoisotopic (exact) mass is 439 g/mol. The first-order valence-electron chi connectivity index (χ1n) is 9.90. The van der Waals surface area contributed by atoms with Crippen LogP contribution in [0.15, 0.2) is 54.7 Å². The van der Waals surface area contributed by atoms with Crippen LogP contribution in [0.5, 0.6) is 0 Å². The van der Waals surface area contributed by atoms with Gasteiger partial charge in [0.1, 0.15) is 6.20 Å². The molecule has 0 atom stereocenters. The van der Waals surface area contributed by atoms with Crippen LogP contribution in [-0.4, -0.2) is 10.4 Å². The fraction of sp³-hybridized carbons (Fsp3) is 0.333. The Morgan fingerprint density at radius 3 is 2.25 bits per heavy atom. The number of nitrogens with zero attached hydrogens (tertiary/aromatic N) is 2. The van der Waals surface area contributed by atoms with Crippen LogP contribution in [0.1, 0.15) is 46.6 Å². The average Bonchev–Trinajstić information content (AvgIpc) is 2.84. The van der Waals surface area contributed by atoms with Crippen molar-refractivity contribution in [3.8, 4) is 11.3 Å². The van der Waals surface area contributed by atoms with Crippen molar-refractivity contribution in [2.24, 2.45) is 0 Å². The second kappa shape index (κ2) is 8.87. The topological polar surface area (TPSA) is 25.9 Å². The van der Waals surface area contributed by atoms with Crippen LogP contribution in [-0.2, 0) is 19.5 Å². The SMILES string of the molecule is Br.Cc1ccc(C(=O)C[n+]2cc(-c3ccc(C)cc3)n3c2CCCCC3)cc1. The van der Waals surface area contributed by atoms with E-state index >= 15 is 0 Å². The first-order valence-corrected chi connectivity index (χ1v) is 9.90. The van der Waals surface area contributed by atoms with Crippen molar-refractivity contribution in [3.63, 3.8) is 0 Å². The number of aryl methyl sites for hydroxylation is 2. The summed E-state index contributed by atoms with van der Waals surface area (Å²) < 4.78 is 4.61. The van der Waals surface area contributed by atoms with Gasteiger partial charge in [-0.1, -0.05) is 59.7 Å². The van der Waals surface area contributed by atoms with E-state index in [0.29, 0.717) is 6.54 Å². The third kappa shape index (κ3) is 4.27. The van der Waals surface area contributed by atoms with Gasteiger partial charge in [-0.2, -0.15) is 0 Å². The fourth-order valence-electron chi connectivity index (χ4n) is 3.92. The molecule has 0 bridgehead atoms. The number of rotatable bonds is 4. The van der Waals surface area contributed by atoms with Crippen molar-refractivity contribution >= 4 is 22.8 Å². The molecule has 2 aromatic carbocycles. The molecule has 2 heterocycles. The molecule has 0 radical (unpaired) electrons. The van der Waals surface area contributed by atoms with Crippen molar-refractivity contribution in [2.45, 2.75) is 52.6 Å². The van der Waals surface area contributed by atoms with Crippen LogP contribution in [0.25, 0.3) is 11.3 Å². The smallest absolute Gasteiger partial charge is 0.257 e. The predicted molar refractivity (Wildman–Crippen MR) is 118 cm³/mol. The standard InChI is InChI=1S/C24H27N2O.BrH/c1-18-7-11-20(12-8-18)22-16-25(24-6-4-3-5-15-26(22)24)17-23(27)21-13-9-19(2)10-14-21;/h7-14,16H,3-6,15,17H2,1-2H3;1H/q+1;. The molecule has 0 saturated heterocycles. The van der Waals surface area contributed by atoms with Crippen molar-refractivity contribution in [2.75, 3.05) is 0 Å². The van der Waals surface area contributed by atoms with E-state index in [4.69, 9.17) is 0 Å². The van der Waals surface area contributed by atoms with E-state index in [0.717, 1.165) is 18.5 Å². The summed E-state index contributed by atoms with van der Waals surface area (Å²) in [5.74, 6) is 1.46. The zero-order chi connectivity index (χ0) is 18.8. The number of carbonyl (C=O) groups is 1. The highest BCUT2D eigenvalue weighted by Crippen LogP contribution is 2.24. The highest BCUT2D eigenvalue weighted by molar-refractivity contribution is 8.93. The number of hydrogen-bond donors (Lipinski definition) is 0. The van der Waals surface area contributed by atoms with Crippen molar-refractivity contribution in [3.05, 3.63) is 77.2 Å². The summed E-state index contributed by atoms with van der Waals surface area (Å²) in [6.45, 7) is 5.60. The van der Waals surface area contributed by atoms with E-state index in [2.05, 4.69) is 46.5 Å². The van der Waals surface area contributed by atoms with Crippen LogP contribution in [0.4, 0.5) is 0 Å². The molecule has 28 heavy (non-hydrogen) atoms. The molecule has 4 rings (SSSR count). The van der Waals surface area contributed by atoms with Crippen LogP contribution in [0.3, 0.4) is 0 Å². The van der Waals surface area contributed by atoms with E-state index in [1.54, 1.807) is 0 Å². The lowest BCUT2D eigenvalue weighted by atomic mass is 10.1. The summed E-state index contributed by atoms with van der Waals surface area (Å²) in [4.78, 5) is 12.9. The second-order valence-corrected chi connectivity index (χ2v) is 7.68. The first kappa shape index (κ1) is 20.5. The maximum absolute atomic E-state index is 12.9. The molecular formula is C24H28BrN2O+. The van der Waals surface area contributed by atoms with Crippen LogP contribution >= 0.6 is 17.0 Å².